The number of rotatable bonds is 75. The number of allylic oxidation sites excluding steroid dienone is 29. The van der Waals surface area contributed by atoms with Crippen molar-refractivity contribution in [2.45, 2.75) is 316 Å². The molecule has 108 heavy (non-hydrogen) atoms. The van der Waals surface area contributed by atoms with Gasteiger partial charge in [-0.15, -0.1) is 0 Å². The summed E-state index contributed by atoms with van der Waals surface area (Å²) in [5.41, 5.74) is 0. The van der Waals surface area contributed by atoms with Crippen molar-refractivity contribution in [2.24, 2.45) is 0 Å². The minimum Gasteiger partial charge on any atom is -0.462 e. The van der Waals surface area contributed by atoms with Crippen LogP contribution in [0, 0.1) is 0 Å². The third kappa shape index (κ3) is 78.3. The van der Waals surface area contributed by atoms with Crippen LogP contribution in [-0.2, 0) is 65.4 Å². The fraction of sp³-hybridized carbons (Fsp3) is 0.618. The highest BCUT2D eigenvalue weighted by Gasteiger charge is 2.30. The maximum atomic E-state index is 13.1. The molecule has 0 fully saturated rings. The summed E-state index contributed by atoms with van der Waals surface area (Å²) >= 11 is 0. The molecule has 19 heteroatoms. The Balaban J connectivity index is 5.52. The summed E-state index contributed by atoms with van der Waals surface area (Å²) in [5, 5.41) is 10.6. The van der Waals surface area contributed by atoms with Crippen molar-refractivity contribution in [1.29, 1.82) is 0 Å². The van der Waals surface area contributed by atoms with Gasteiger partial charge in [-0.1, -0.05) is 300 Å². The number of unbranched alkanes of at least 4 members (excludes halogenated alkanes) is 20. The maximum Gasteiger partial charge on any atom is 0.472 e. The lowest BCUT2D eigenvalue weighted by Crippen LogP contribution is -2.30. The summed E-state index contributed by atoms with van der Waals surface area (Å²) in [7, 11) is -10.0. The molecule has 0 rings (SSSR count). The van der Waals surface area contributed by atoms with Crippen molar-refractivity contribution in [3.8, 4) is 0 Å². The summed E-state index contributed by atoms with van der Waals surface area (Å²) in [6, 6.07) is 0. The number of esters is 4. The van der Waals surface area contributed by atoms with Gasteiger partial charge in [0.2, 0.25) is 0 Å². The van der Waals surface area contributed by atoms with Crippen LogP contribution in [-0.4, -0.2) is 96.7 Å². The zero-order valence-corrected chi connectivity index (χ0v) is 68.7. The Morgan fingerprint density at radius 3 is 0.907 bits per heavy atom. The lowest BCUT2D eigenvalue weighted by Gasteiger charge is -2.21. The standard InChI is InChI=1S/C89H144O17P2/c1-5-9-13-17-21-25-29-33-37-39-41-43-47-49-53-57-61-65-69-73-86(91)99-79-84(105-88(93)75-71-67-63-59-55-51-45-35-31-27-23-19-15-11-7-3)81-103-107(95,96)101-77-83(90)78-102-108(97,98)104-82-85(106-89(94)76-72-68-64-60-56-52-46-36-32-28-24-20-16-12-8-4)80-100-87(92)74-70-66-62-58-54-50-48-44-42-40-38-34-30-26-22-18-14-10-6-2/h9,11,13,15,21-23,25-27,33-38,41-46,49,53,55,59,61,65,67,71,83-85,90H,5-8,10,12,14,16-20,24,28-32,39-40,47-48,50-52,54,56-58,60,62-64,66,68-70,72-82H2,1-4H3,(H,95,96)(H,97,98)/b13-9-,15-11-,25-21-,26-22-,27-23-,37-33-,38-34-,43-41-,44-42-,45-35-,46-36-,53-49-,59-55-,65-61-,71-67-. The number of aliphatic hydroxyl groups is 1. The minimum atomic E-state index is -5.03. The van der Waals surface area contributed by atoms with Gasteiger partial charge in [-0.2, -0.15) is 0 Å². The predicted octanol–water partition coefficient (Wildman–Crippen LogP) is 24.3. The van der Waals surface area contributed by atoms with Gasteiger partial charge in [0, 0.05) is 19.3 Å². The second-order valence-corrected chi connectivity index (χ2v) is 29.5. The van der Waals surface area contributed by atoms with Crippen LogP contribution in [0.3, 0.4) is 0 Å². The van der Waals surface area contributed by atoms with Crippen LogP contribution in [0.4, 0.5) is 0 Å². The fourth-order valence-electron chi connectivity index (χ4n) is 10.2. The van der Waals surface area contributed by atoms with E-state index in [1.54, 1.807) is 12.2 Å². The second-order valence-electron chi connectivity index (χ2n) is 26.6. The number of phosphoric acid groups is 2. The van der Waals surface area contributed by atoms with E-state index in [2.05, 4.69) is 167 Å². The first-order valence-corrected chi connectivity index (χ1v) is 44.0. The zero-order chi connectivity index (χ0) is 78.9. The Morgan fingerprint density at radius 2 is 0.537 bits per heavy atom. The molecule has 0 aliphatic carbocycles. The van der Waals surface area contributed by atoms with Crippen LogP contribution in [0.5, 0.6) is 0 Å². The van der Waals surface area contributed by atoms with E-state index >= 15 is 0 Å². The molecule has 0 aliphatic rings. The normalized spacial score (nSPS) is 14.8. The van der Waals surface area contributed by atoms with Gasteiger partial charge >= 0.3 is 39.5 Å². The van der Waals surface area contributed by atoms with E-state index in [-0.39, 0.29) is 25.7 Å². The molecule has 0 aromatic rings. The topological polar surface area (TPSA) is 237 Å². The molecule has 3 N–H and O–H groups in total. The number of hydrogen-bond donors (Lipinski definition) is 3. The largest absolute Gasteiger partial charge is 0.472 e. The van der Waals surface area contributed by atoms with Crippen molar-refractivity contribution in [3.05, 3.63) is 182 Å². The Kier molecular flexibility index (Phi) is 75.0. The van der Waals surface area contributed by atoms with Gasteiger partial charge < -0.3 is 33.8 Å². The van der Waals surface area contributed by atoms with Gasteiger partial charge in [0.05, 0.1) is 32.8 Å². The molecule has 17 nitrogen and oxygen atoms in total. The number of hydrogen-bond acceptors (Lipinski definition) is 15. The Bertz CT molecular complexity index is 2760. The third-order valence-corrected chi connectivity index (χ3v) is 18.3. The molecule has 0 saturated heterocycles. The van der Waals surface area contributed by atoms with Gasteiger partial charge in [-0.3, -0.25) is 37.3 Å². The van der Waals surface area contributed by atoms with Gasteiger partial charge in [0.15, 0.2) is 12.2 Å². The summed E-state index contributed by atoms with van der Waals surface area (Å²) in [6.45, 7) is 4.38. The van der Waals surface area contributed by atoms with E-state index in [0.29, 0.717) is 32.1 Å². The van der Waals surface area contributed by atoms with E-state index in [1.807, 2.05) is 30.4 Å². The maximum absolute atomic E-state index is 13.1. The average Bonchev–Trinajstić information content (AvgIpc) is 0.923. The predicted molar refractivity (Wildman–Crippen MR) is 445 cm³/mol. The SMILES string of the molecule is CC/C=C\C/C=C\C/C=C\C/C=C\C/C=C\C/C=C\CCC(=O)OCC(COP(=O)(O)OCC(O)COP(=O)(O)OCC(COC(=O)CCCCCCCC/C=C\C/C=C\C/C=C\CCCCC)OC(=O)CCCCCCC/C=C\CCCCCCCC)OC(=O)C/C=C\C/C=C\C/C=C\C/C=C\C/C=C\CC. The van der Waals surface area contributed by atoms with Crippen LogP contribution >= 0.6 is 15.6 Å². The smallest absolute Gasteiger partial charge is 0.462 e. The van der Waals surface area contributed by atoms with Crippen molar-refractivity contribution in [1.82, 2.24) is 0 Å². The van der Waals surface area contributed by atoms with Crippen LogP contribution in [0.25, 0.3) is 0 Å². The van der Waals surface area contributed by atoms with Crippen LogP contribution < -0.4 is 0 Å². The monoisotopic (exact) mass is 1550 g/mol. The molecule has 0 amide bonds. The minimum absolute atomic E-state index is 0.00954. The molecular weight excluding hydrogens is 1400 g/mol. The Hall–Kier alpha value is -5.84. The first-order chi connectivity index (χ1) is 52.7. The number of carbonyl (C=O) groups is 4. The number of phosphoric ester groups is 2. The molecule has 5 atom stereocenters. The second kappa shape index (κ2) is 79.3. The lowest BCUT2D eigenvalue weighted by atomic mass is 10.1. The first kappa shape index (κ1) is 102. The van der Waals surface area contributed by atoms with Crippen LogP contribution in [0.15, 0.2) is 182 Å². The highest BCUT2D eigenvalue weighted by molar-refractivity contribution is 7.47. The molecule has 0 aromatic carbocycles. The van der Waals surface area contributed by atoms with Gasteiger partial charge in [0.1, 0.15) is 19.3 Å². The molecular formula is C89H144O17P2. The molecule has 0 saturated carbocycles. The number of ether oxygens (including phenoxy) is 4. The Labute approximate surface area is 654 Å². The molecule has 0 aromatic heterocycles. The lowest BCUT2D eigenvalue weighted by molar-refractivity contribution is -0.161. The Morgan fingerprint density at radius 1 is 0.278 bits per heavy atom. The van der Waals surface area contributed by atoms with Crippen LogP contribution in [0.1, 0.15) is 297 Å². The molecule has 5 unspecified atom stereocenters. The third-order valence-electron chi connectivity index (χ3n) is 16.4. The van der Waals surface area contributed by atoms with E-state index in [9.17, 15) is 43.2 Å². The molecule has 0 radical (unpaired) electrons. The molecule has 0 aliphatic heterocycles. The van der Waals surface area contributed by atoms with Crippen molar-refractivity contribution < 1.29 is 80.2 Å². The summed E-state index contributed by atoms with van der Waals surface area (Å²) in [6.07, 6.45) is 96.3. The van der Waals surface area contributed by atoms with Crippen molar-refractivity contribution in [3.63, 3.8) is 0 Å². The average molecular weight is 1550 g/mol. The van der Waals surface area contributed by atoms with Gasteiger partial charge in [-0.25, -0.2) is 9.13 Å². The van der Waals surface area contributed by atoms with Crippen molar-refractivity contribution >= 4 is 39.5 Å². The molecule has 0 spiro atoms. The molecule has 0 bridgehead atoms. The van der Waals surface area contributed by atoms with Gasteiger partial charge in [0.25, 0.3) is 0 Å². The number of carbonyl (C=O) groups excluding carboxylic acids is 4. The quantitative estimate of drug-likeness (QED) is 0.0169. The van der Waals surface area contributed by atoms with E-state index in [0.717, 1.165) is 154 Å². The zero-order valence-electron chi connectivity index (χ0n) is 66.9. The van der Waals surface area contributed by atoms with E-state index in [4.69, 9.17) is 37.0 Å². The summed E-state index contributed by atoms with van der Waals surface area (Å²) < 4.78 is 68.4. The number of aliphatic hydroxyl groups excluding tert-OH is 1. The summed E-state index contributed by atoms with van der Waals surface area (Å²) in [5.74, 6) is -2.46. The summed E-state index contributed by atoms with van der Waals surface area (Å²) in [4.78, 5) is 73.0. The fourth-order valence-corrected chi connectivity index (χ4v) is 11.8. The highest BCUT2D eigenvalue weighted by atomic mass is 31.2. The van der Waals surface area contributed by atoms with Crippen molar-refractivity contribution in [2.75, 3.05) is 39.6 Å². The van der Waals surface area contributed by atoms with E-state index < -0.39 is 97.5 Å². The van der Waals surface area contributed by atoms with Crippen LogP contribution in [0.2, 0.25) is 0 Å². The van der Waals surface area contributed by atoms with Gasteiger partial charge in [-0.05, 0) is 154 Å². The molecule has 612 valence electrons. The highest BCUT2D eigenvalue weighted by Crippen LogP contribution is 2.45. The molecule has 0 heterocycles. The van der Waals surface area contributed by atoms with E-state index in [1.165, 1.54) is 57.8 Å². The first-order valence-electron chi connectivity index (χ1n) is 41.0.